The lowest BCUT2D eigenvalue weighted by Crippen LogP contribution is -2.02. The molecule has 0 saturated carbocycles. The normalized spacial score (nSPS) is 19.2. The Morgan fingerprint density at radius 1 is 0.333 bits per heavy atom. The molecule has 10 rings (SSSR count). The van der Waals surface area contributed by atoms with Crippen LogP contribution in [0.4, 0.5) is 11.4 Å². The topological polar surface area (TPSA) is 24.7 Å². The summed E-state index contributed by atoms with van der Waals surface area (Å²) in [6, 6.07) is 30.8. The second-order valence-electron chi connectivity index (χ2n) is 13.8. The summed E-state index contributed by atoms with van der Waals surface area (Å²) in [5.74, 6) is 0. The number of fused-ring (bicyclic) bond motifs is 3. The minimum absolute atomic E-state index is 0.897. The largest absolute Gasteiger partial charge is 0.252 e. The van der Waals surface area contributed by atoms with Crippen molar-refractivity contribution in [3.05, 3.63) is 189 Å². The molecule has 6 aliphatic rings. The van der Waals surface area contributed by atoms with Crippen molar-refractivity contribution in [2.45, 2.75) is 38.5 Å². The van der Waals surface area contributed by atoms with Crippen LogP contribution in [0.2, 0.25) is 0 Å². The molecular formula is C46H34N2. The van der Waals surface area contributed by atoms with Crippen molar-refractivity contribution in [1.29, 1.82) is 0 Å². The molecule has 0 aromatic heterocycles. The molecule has 4 aromatic carbocycles. The van der Waals surface area contributed by atoms with Gasteiger partial charge in [-0.05, 0) is 128 Å². The van der Waals surface area contributed by atoms with Crippen LogP contribution in [-0.4, -0.2) is 11.4 Å². The van der Waals surface area contributed by atoms with Gasteiger partial charge in [0.25, 0.3) is 0 Å². The zero-order chi connectivity index (χ0) is 31.6. The van der Waals surface area contributed by atoms with Gasteiger partial charge in [-0.1, -0.05) is 109 Å². The highest BCUT2D eigenvalue weighted by Crippen LogP contribution is 2.43. The van der Waals surface area contributed by atoms with E-state index >= 15 is 0 Å². The monoisotopic (exact) mass is 614 g/mol. The average Bonchev–Trinajstić information content (AvgIpc) is 3.97. The maximum Gasteiger partial charge on any atom is 0.0675 e. The Kier molecular flexibility index (Phi) is 6.30. The van der Waals surface area contributed by atoms with Gasteiger partial charge in [0, 0.05) is 24.3 Å². The third-order valence-corrected chi connectivity index (χ3v) is 10.8. The van der Waals surface area contributed by atoms with Gasteiger partial charge in [-0.3, -0.25) is 9.98 Å². The van der Waals surface area contributed by atoms with E-state index in [-0.39, 0.29) is 0 Å². The maximum absolute atomic E-state index is 5.18. The molecule has 2 nitrogen and oxygen atoms in total. The van der Waals surface area contributed by atoms with Crippen LogP contribution in [0.5, 0.6) is 0 Å². The Morgan fingerprint density at radius 3 is 1.10 bits per heavy atom. The second-order valence-corrected chi connectivity index (χ2v) is 13.8. The van der Waals surface area contributed by atoms with Crippen molar-refractivity contribution in [3.8, 4) is 0 Å². The standard InChI is InChI=1S/C46H34N2/c1-3-7-29(8-4-1)31-11-13-33(19-31)35-15-17-37(21-35)43-27-41-23-39-26-46-42(24-40(39)25-45(41)47-43)28-44(48-46)38-18-16-36(22-38)34-14-12-32(20-34)30-9-5-2-6-10-30/h1-18,23-26H,19-22,27-28H2. The number of aliphatic imine (C=N–C) groups is 2. The van der Waals surface area contributed by atoms with E-state index in [1.54, 1.807) is 0 Å². The first-order valence-corrected chi connectivity index (χ1v) is 17.2. The van der Waals surface area contributed by atoms with Crippen LogP contribution in [0.1, 0.15) is 47.9 Å². The van der Waals surface area contributed by atoms with Crippen molar-refractivity contribution in [2.75, 3.05) is 0 Å². The van der Waals surface area contributed by atoms with Gasteiger partial charge in [-0.2, -0.15) is 0 Å². The number of benzene rings is 4. The van der Waals surface area contributed by atoms with Gasteiger partial charge in [0.05, 0.1) is 11.4 Å². The molecule has 2 aliphatic heterocycles. The quantitative estimate of drug-likeness (QED) is 0.206. The first-order chi connectivity index (χ1) is 23.7. The molecule has 0 fully saturated rings. The van der Waals surface area contributed by atoms with Crippen LogP contribution in [0.3, 0.4) is 0 Å². The molecule has 0 saturated heterocycles. The molecule has 4 aliphatic carbocycles. The third kappa shape index (κ3) is 4.79. The second kappa shape index (κ2) is 11.0. The molecule has 0 radical (unpaired) electrons. The van der Waals surface area contributed by atoms with Crippen LogP contribution in [0.25, 0.3) is 21.9 Å². The molecule has 2 heterocycles. The van der Waals surface area contributed by atoms with Crippen molar-refractivity contribution in [1.82, 2.24) is 0 Å². The SMILES string of the molecule is C1=C(C2=CC=C(c3ccccc3)C2)CC(C2=Nc3cc4cc5c(cc4cc3C2)N=C(C2=CC=C(C3=CC=C(c4ccccc4)C3)C2)C5)=C1. The predicted octanol–water partition coefficient (Wildman–Crippen LogP) is 11.4. The fourth-order valence-electron chi connectivity index (χ4n) is 8.09. The van der Waals surface area contributed by atoms with E-state index in [9.17, 15) is 0 Å². The molecule has 4 aromatic rings. The van der Waals surface area contributed by atoms with Crippen LogP contribution < -0.4 is 0 Å². The fourth-order valence-corrected chi connectivity index (χ4v) is 8.09. The van der Waals surface area contributed by atoms with Gasteiger partial charge in [-0.15, -0.1) is 0 Å². The Morgan fingerprint density at radius 2 is 0.688 bits per heavy atom. The lowest BCUT2D eigenvalue weighted by atomic mass is 9.94. The fraction of sp³-hybridized carbons (Fsp3) is 0.130. The van der Waals surface area contributed by atoms with E-state index in [0.717, 1.165) is 49.9 Å². The molecule has 0 bridgehead atoms. The number of allylic oxidation sites excluding steroid dienone is 16. The van der Waals surface area contributed by atoms with Gasteiger partial charge >= 0.3 is 0 Å². The summed E-state index contributed by atoms with van der Waals surface area (Å²) in [5, 5.41) is 2.53. The summed E-state index contributed by atoms with van der Waals surface area (Å²) in [7, 11) is 0. The van der Waals surface area contributed by atoms with E-state index in [1.807, 2.05) is 0 Å². The summed E-state index contributed by atoms with van der Waals surface area (Å²) in [5.41, 5.74) is 21.2. The van der Waals surface area contributed by atoms with Crippen molar-refractivity contribution < 1.29 is 0 Å². The number of rotatable bonds is 6. The summed E-state index contributed by atoms with van der Waals surface area (Å²) in [6.07, 6.45) is 24.1. The molecule has 228 valence electrons. The molecule has 0 spiro atoms. The summed E-state index contributed by atoms with van der Waals surface area (Å²) < 4.78 is 0. The third-order valence-electron chi connectivity index (χ3n) is 10.8. The molecule has 48 heavy (non-hydrogen) atoms. The van der Waals surface area contributed by atoms with Crippen LogP contribution in [-0.2, 0) is 12.8 Å². The Bertz CT molecular complexity index is 2230. The van der Waals surface area contributed by atoms with Crippen molar-refractivity contribution in [2.24, 2.45) is 9.98 Å². The number of hydrogen-bond donors (Lipinski definition) is 0. The van der Waals surface area contributed by atoms with Crippen molar-refractivity contribution >= 4 is 44.7 Å². The molecule has 0 N–H and O–H groups in total. The highest BCUT2D eigenvalue weighted by atomic mass is 14.8. The highest BCUT2D eigenvalue weighted by Gasteiger charge is 2.26. The average molecular weight is 615 g/mol. The molecule has 0 amide bonds. The van der Waals surface area contributed by atoms with E-state index in [1.165, 1.54) is 89.0 Å². The van der Waals surface area contributed by atoms with Crippen LogP contribution in [0.15, 0.2) is 177 Å². The first kappa shape index (κ1) is 27.5. The lowest BCUT2D eigenvalue weighted by molar-refractivity contribution is 1.16. The van der Waals surface area contributed by atoms with Crippen LogP contribution >= 0.6 is 0 Å². The minimum Gasteiger partial charge on any atom is -0.252 e. The summed E-state index contributed by atoms with van der Waals surface area (Å²) >= 11 is 0. The van der Waals surface area contributed by atoms with Gasteiger partial charge in [0.1, 0.15) is 0 Å². The zero-order valence-electron chi connectivity index (χ0n) is 26.8. The van der Waals surface area contributed by atoms with Crippen LogP contribution in [0, 0.1) is 0 Å². The van der Waals surface area contributed by atoms with Crippen molar-refractivity contribution in [3.63, 3.8) is 0 Å². The predicted molar refractivity (Wildman–Crippen MR) is 201 cm³/mol. The van der Waals surface area contributed by atoms with E-state index in [2.05, 4.69) is 134 Å². The van der Waals surface area contributed by atoms with E-state index < -0.39 is 0 Å². The van der Waals surface area contributed by atoms with Gasteiger partial charge in [0.2, 0.25) is 0 Å². The molecule has 2 heteroatoms. The minimum atomic E-state index is 0.897. The molecule has 0 atom stereocenters. The molecular weight excluding hydrogens is 581 g/mol. The first-order valence-electron chi connectivity index (χ1n) is 17.2. The van der Waals surface area contributed by atoms with Gasteiger partial charge in [0.15, 0.2) is 0 Å². The van der Waals surface area contributed by atoms with Gasteiger partial charge in [-0.25, -0.2) is 0 Å². The van der Waals surface area contributed by atoms with E-state index in [4.69, 9.17) is 9.98 Å². The Hall–Kier alpha value is -5.60. The Labute approximate surface area is 281 Å². The summed E-state index contributed by atoms with van der Waals surface area (Å²) in [6.45, 7) is 0. The van der Waals surface area contributed by atoms with Gasteiger partial charge < -0.3 is 0 Å². The van der Waals surface area contributed by atoms with E-state index in [0.29, 0.717) is 0 Å². The highest BCUT2D eigenvalue weighted by molar-refractivity contribution is 6.11. The maximum atomic E-state index is 5.18. The number of nitrogens with zero attached hydrogens (tertiary/aromatic N) is 2. The Balaban J connectivity index is 0.793. The molecule has 0 unspecified atom stereocenters. The lowest BCUT2D eigenvalue weighted by Gasteiger charge is -2.09. The summed E-state index contributed by atoms with van der Waals surface area (Å²) in [4.78, 5) is 10.4. The smallest absolute Gasteiger partial charge is 0.0675 e. The zero-order valence-corrected chi connectivity index (χ0v) is 26.8. The number of hydrogen-bond acceptors (Lipinski definition) is 2.